The van der Waals surface area contributed by atoms with Crippen molar-refractivity contribution in [3.63, 3.8) is 0 Å². The molecule has 0 aliphatic rings. The summed E-state index contributed by atoms with van der Waals surface area (Å²) < 4.78 is 6.50. The van der Waals surface area contributed by atoms with Crippen molar-refractivity contribution in [2.75, 3.05) is 7.11 Å². The third-order valence-electron chi connectivity index (χ3n) is 3.96. The standard InChI is InChI=1S/C19H25N3O3/c1-5-12-22-17(23)11-10-16(21-22)19(24)20-18(13(2)3)14-6-8-15(25-4)9-7-14/h6-11,13,18H,5,12H2,1-4H3,(H,20,24). The predicted octanol–water partition coefficient (Wildman–Crippen LogP) is 2.79. The molecule has 134 valence electrons. The van der Waals surface area contributed by atoms with E-state index in [-0.39, 0.29) is 29.1 Å². The van der Waals surface area contributed by atoms with E-state index in [9.17, 15) is 9.59 Å². The van der Waals surface area contributed by atoms with E-state index in [1.165, 1.54) is 16.8 Å². The Balaban J connectivity index is 2.22. The number of aryl methyl sites for hydroxylation is 1. The number of hydrogen-bond donors (Lipinski definition) is 1. The van der Waals surface area contributed by atoms with Crippen LogP contribution in [-0.4, -0.2) is 22.8 Å². The van der Waals surface area contributed by atoms with Gasteiger partial charge in [-0.05, 0) is 36.1 Å². The molecule has 1 heterocycles. The first-order valence-electron chi connectivity index (χ1n) is 8.49. The molecule has 1 aromatic carbocycles. The SMILES string of the molecule is CCCn1nc(C(=O)NC(c2ccc(OC)cc2)C(C)C)ccc1=O. The molecule has 0 saturated heterocycles. The van der Waals surface area contributed by atoms with Gasteiger partial charge in [0.15, 0.2) is 0 Å². The summed E-state index contributed by atoms with van der Waals surface area (Å²) in [4.78, 5) is 24.4. The maximum Gasteiger partial charge on any atom is 0.272 e. The highest BCUT2D eigenvalue weighted by atomic mass is 16.5. The number of benzene rings is 1. The van der Waals surface area contributed by atoms with Gasteiger partial charge in [0, 0.05) is 12.6 Å². The molecule has 1 aromatic heterocycles. The molecule has 1 N–H and O–H groups in total. The molecule has 0 bridgehead atoms. The first-order chi connectivity index (χ1) is 12.0. The Bertz CT molecular complexity index is 766. The number of methoxy groups -OCH3 is 1. The van der Waals surface area contributed by atoms with Crippen LogP contribution in [0.25, 0.3) is 0 Å². The van der Waals surface area contributed by atoms with Gasteiger partial charge in [0.05, 0.1) is 13.2 Å². The molecular formula is C19H25N3O3. The quantitative estimate of drug-likeness (QED) is 0.839. The largest absolute Gasteiger partial charge is 0.497 e. The maximum atomic E-state index is 12.6. The molecule has 0 spiro atoms. The highest BCUT2D eigenvalue weighted by Crippen LogP contribution is 2.24. The summed E-state index contributed by atoms with van der Waals surface area (Å²) in [7, 11) is 1.62. The average molecular weight is 343 g/mol. The van der Waals surface area contributed by atoms with Gasteiger partial charge in [-0.3, -0.25) is 9.59 Å². The molecule has 6 nitrogen and oxygen atoms in total. The van der Waals surface area contributed by atoms with Gasteiger partial charge in [-0.1, -0.05) is 32.9 Å². The zero-order valence-electron chi connectivity index (χ0n) is 15.2. The minimum atomic E-state index is -0.292. The van der Waals surface area contributed by atoms with Crippen LogP contribution in [0.5, 0.6) is 5.75 Å². The van der Waals surface area contributed by atoms with Crippen LogP contribution in [0.4, 0.5) is 0 Å². The van der Waals surface area contributed by atoms with Crippen LogP contribution >= 0.6 is 0 Å². The number of nitrogens with one attached hydrogen (secondary N) is 1. The minimum Gasteiger partial charge on any atom is -0.497 e. The van der Waals surface area contributed by atoms with Crippen LogP contribution in [-0.2, 0) is 6.54 Å². The second-order valence-corrected chi connectivity index (χ2v) is 6.25. The van der Waals surface area contributed by atoms with Gasteiger partial charge in [0.2, 0.25) is 0 Å². The molecule has 0 radical (unpaired) electrons. The zero-order valence-corrected chi connectivity index (χ0v) is 15.2. The smallest absolute Gasteiger partial charge is 0.272 e. The van der Waals surface area contributed by atoms with Crippen LogP contribution in [0.3, 0.4) is 0 Å². The van der Waals surface area contributed by atoms with Crippen molar-refractivity contribution in [2.45, 2.75) is 39.8 Å². The van der Waals surface area contributed by atoms with Gasteiger partial charge in [0.25, 0.3) is 11.5 Å². The van der Waals surface area contributed by atoms with E-state index in [1.54, 1.807) is 7.11 Å². The number of ether oxygens (including phenoxy) is 1. The highest BCUT2D eigenvalue weighted by Gasteiger charge is 2.20. The second kappa shape index (κ2) is 8.46. The number of amides is 1. The number of hydrogen-bond acceptors (Lipinski definition) is 4. The molecule has 6 heteroatoms. The lowest BCUT2D eigenvalue weighted by atomic mass is 9.96. The minimum absolute atomic E-state index is 0.160. The summed E-state index contributed by atoms with van der Waals surface area (Å²) in [5, 5.41) is 7.19. The van der Waals surface area contributed by atoms with E-state index in [0.717, 1.165) is 17.7 Å². The molecule has 1 unspecified atom stereocenters. The average Bonchev–Trinajstić information content (AvgIpc) is 2.61. The third kappa shape index (κ3) is 4.68. The van der Waals surface area contributed by atoms with Crippen molar-refractivity contribution in [3.05, 3.63) is 58.0 Å². The van der Waals surface area contributed by atoms with Gasteiger partial charge in [0.1, 0.15) is 11.4 Å². The molecule has 0 aliphatic heterocycles. The fourth-order valence-electron chi connectivity index (χ4n) is 2.60. The van der Waals surface area contributed by atoms with Gasteiger partial charge in [-0.15, -0.1) is 0 Å². The normalized spacial score (nSPS) is 12.0. The van der Waals surface area contributed by atoms with E-state index >= 15 is 0 Å². The van der Waals surface area contributed by atoms with Crippen molar-refractivity contribution >= 4 is 5.91 Å². The Hall–Kier alpha value is -2.63. The Labute approximate surface area is 147 Å². The monoisotopic (exact) mass is 343 g/mol. The van der Waals surface area contributed by atoms with E-state index < -0.39 is 0 Å². The van der Waals surface area contributed by atoms with Crippen LogP contribution in [0, 0.1) is 5.92 Å². The summed E-state index contributed by atoms with van der Waals surface area (Å²) in [6.45, 7) is 6.53. The number of carbonyl (C=O) groups excluding carboxylic acids is 1. The van der Waals surface area contributed by atoms with Gasteiger partial charge in [-0.25, -0.2) is 4.68 Å². The molecule has 0 fully saturated rings. The van der Waals surface area contributed by atoms with Crippen molar-refractivity contribution < 1.29 is 9.53 Å². The number of rotatable bonds is 7. The number of aromatic nitrogens is 2. The van der Waals surface area contributed by atoms with Crippen LogP contribution in [0.2, 0.25) is 0 Å². The second-order valence-electron chi connectivity index (χ2n) is 6.25. The van der Waals surface area contributed by atoms with Crippen LogP contribution < -0.4 is 15.6 Å². The lowest BCUT2D eigenvalue weighted by Crippen LogP contribution is -2.34. The van der Waals surface area contributed by atoms with E-state index in [1.807, 2.05) is 45.0 Å². The lowest BCUT2D eigenvalue weighted by molar-refractivity contribution is 0.0918. The Kier molecular flexibility index (Phi) is 6.33. The number of carbonyl (C=O) groups is 1. The van der Waals surface area contributed by atoms with Crippen LogP contribution in [0.15, 0.2) is 41.2 Å². The summed E-state index contributed by atoms with van der Waals surface area (Å²) >= 11 is 0. The molecule has 2 rings (SSSR count). The Morgan fingerprint density at radius 1 is 1.20 bits per heavy atom. The maximum absolute atomic E-state index is 12.6. The zero-order chi connectivity index (χ0) is 18.4. The van der Waals surface area contributed by atoms with Crippen LogP contribution in [0.1, 0.15) is 49.3 Å². The molecule has 0 saturated carbocycles. The van der Waals surface area contributed by atoms with Crippen molar-refractivity contribution in [3.8, 4) is 5.75 Å². The third-order valence-corrected chi connectivity index (χ3v) is 3.96. The summed E-state index contributed by atoms with van der Waals surface area (Å²) in [6, 6.07) is 10.3. The molecule has 1 atom stereocenters. The first kappa shape index (κ1) is 18.7. The molecular weight excluding hydrogens is 318 g/mol. The summed E-state index contributed by atoms with van der Waals surface area (Å²) in [6.07, 6.45) is 0.776. The molecule has 2 aromatic rings. The summed E-state index contributed by atoms with van der Waals surface area (Å²) in [5.41, 5.74) is 1.03. The van der Waals surface area contributed by atoms with E-state index in [2.05, 4.69) is 10.4 Å². The van der Waals surface area contributed by atoms with Gasteiger partial charge >= 0.3 is 0 Å². The van der Waals surface area contributed by atoms with Crippen molar-refractivity contribution in [1.82, 2.24) is 15.1 Å². The topological polar surface area (TPSA) is 73.2 Å². The van der Waals surface area contributed by atoms with E-state index in [0.29, 0.717) is 6.54 Å². The van der Waals surface area contributed by atoms with Crippen molar-refractivity contribution in [1.29, 1.82) is 0 Å². The van der Waals surface area contributed by atoms with Crippen molar-refractivity contribution in [2.24, 2.45) is 5.92 Å². The molecule has 1 amide bonds. The van der Waals surface area contributed by atoms with Gasteiger partial charge < -0.3 is 10.1 Å². The lowest BCUT2D eigenvalue weighted by Gasteiger charge is -2.23. The Morgan fingerprint density at radius 2 is 1.88 bits per heavy atom. The number of nitrogens with zero attached hydrogens (tertiary/aromatic N) is 2. The first-order valence-corrected chi connectivity index (χ1v) is 8.49. The molecule has 25 heavy (non-hydrogen) atoms. The predicted molar refractivity (Wildman–Crippen MR) is 96.8 cm³/mol. The highest BCUT2D eigenvalue weighted by molar-refractivity contribution is 5.92. The Morgan fingerprint density at radius 3 is 2.44 bits per heavy atom. The molecule has 0 aliphatic carbocycles. The summed E-state index contributed by atoms with van der Waals surface area (Å²) in [5.74, 6) is 0.671. The van der Waals surface area contributed by atoms with Gasteiger partial charge in [-0.2, -0.15) is 5.10 Å². The van der Waals surface area contributed by atoms with E-state index in [4.69, 9.17) is 4.74 Å². The fourth-order valence-corrected chi connectivity index (χ4v) is 2.60. The fraction of sp³-hybridized carbons (Fsp3) is 0.421.